The maximum absolute atomic E-state index is 12.6. The lowest BCUT2D eigenvalue weighted by atomic mass is 10.1. The average Bonchev–Trinajstić information content (AvgIpc) is 2.61. The Morgan fingerprint density at radius 1 is 1.31 bits per heavy atom. The number of sulfonamides is 1. The van der Waals surface area contributed by atoms with Crippen LogP contribution in [0.5, 0.6) is 5.75 Å². The van der Waals surface area contributed by atoms with Crippen molar-refractivity contribution >= 4 is 27.5 Å². The number of halogens is 1. The van der Waals surface area contributed by atoms with Gasteiger partial charge in [-0.3, -0.25) is 4.79 Å². The van der Waals surface area contributed by atoms with Crippen LogP contribution < -0.4 is 10.1 Å². The third-order valence-corrected chi connectivity index (χ3v) is 6.45. The normalized spacial score (nSPS) is 17.1. The number of nitrogens with one attached hydrogen (secondary N) is 1. The smallest absolute Gasteiger partial charge is 0.258 e. The van der Waals surface area contributed by atoms with Crippen LogP contribution in [-0.4, -0.2) is 57.6 Å². The van der Waals surface area contributed by atoms with Crippen LogP contribution in [0.2, 0.25) is 5.02 Å². The van der Waals surface area contributed by atoms with Gasteiger partial charge in [0.1, 0.15) is 5.75 Å². The zero-order valence-electron chi connectivity index (χ0n) is 15.2. The molecule has 26 heavy (non-hydrogen) atoms. The summed E-state index contributed by atoms with van der Waals surface area (Å²) in [6.45, 7) is 7.12. The highest BCUT2D eigenvalue weighted by molar-refractivity contribution is 7.89. The van der Waals surface area contributed by atoms with Crippen LogP contribution in [-0.2, 0) is 19.6 Å². The van der Waals surface area contributed by atoms with Gasteiger partial charge in [-0.05, 0) is 31.0 Å². The number of hydrogen-bond donors (Lipinski definition) is 1. The molecule has 0 radical (unpaired) electrons. The molecular formula is C17H25ClN2O5S. The van der Waals surface area contributed by atoms with E-state index in [1.165, 1.54) is 22.5 Å². The molecule has 0 saturated carbocycles. The van der Waals surface area contributed by atoms with Crippen LogP contribution in [0.3, 0.4) is 0 Å². The highest BCUT2D eigenvalue weighted by Gasteiger charge is 2.27. The Kier molecular flexibility index (Phi) is 7.28. The molecule has 0 spiro atoms. The first-order chi connectivity index (χ1) is 12.2. The van der Waals surface area contributed by atoms with Crippen molar-refractivity contribution in [3.05, 3.63) is 23.2 Å². The minimum Gasteiger partial charge on any atom is -0.482 e. The molecule has 1 saturated heterocycles. The molecule has 0 unspecified atom stereocenters. The Morgan fingerprint density at radius 2 is 1.96 bits per heavy atom. The maximum atomic E-state index is 12.6. The zero-order valence-corrected chi connectivity index (χ0v) is 16.8. The van der Waals surface area contributed by atoms with Crippen LogP contribution in [0, 0.1) is 5.92 Å². The monoisotopic (exact) mass is 404 g/mol. The first-order valence-corrected chi connectivity index (χ1v) is 10.3. The Balaban J connectivity index is 2.02. The second-order valence-electron chi connectivity index (χ2n) is 6.50. The van der Waals surface area contributed by atoms with Crippen molar-refractivity contribution < 1.29 is 22.7 Å². The molecule has 1 heterocycles. The van der Waals surface area contributed by atoms with E-state index in [-0.39, 0.29) is 34.2 Å². The second kappa shape index (κ2) is 9.03. The summed E-state index contributed by atoms with van der Waals surface area (Å²) in [5.41, 5.74) is 0. The van der Waals surface area contributed by atoms with Crippen molar-refractivity contribution in [3.8, 4) is 5.75 Å². The molecule has 0 aliphatic carbocycles. The molecule has 0 aromatic heterocycles. The molecule has 146 valence electrons. The Morgan fingerprint density at radius 3 is 2.54 bits per heavy atom. The fourth-order valence-corrected chi connectivity index (χ4v) is 4.04. The van der Waals surface area contributed by atoms with Gasteiger partial charge in [-0.1, -0.05) is 25.4 Å². The predicted octanol–water partition coefficient (Wildman–Crippen LogP) is 1.90. The molecule has 1 fully saturated rings. The van der Waals surface area contributed by atoms with E-state index in [1.807, 2.05) is 20.8 Å². The van der Waals surface area contributed by atoms with E-state index in [4.69, 9.17) is 21.1 Å². The predicted molar refractivity (Wildman–Crippen MR) is 99.0 cm³/mol. The van der Waals surface area contributed by atoms with Crippen molar-refractivity contribution in [2.75, 3.05) is 32.9 Å². The van der Waals surface area contributed by atoms with E-state index in [0.717, 1.165) is 0 Å². The number of amides is 1. The first kappa shape index (κ1) is 21.0. The number of carbonyl (C=O) groups excluding carboxylic acids is 1. The van der Waals surface area contributed by atoms with E-state index < -0.39 is 10.0 Å². The highest BCUT2D eigenvalue weighted by atomic mass is 35.5. The van der Waals surface area contributed by atoms with E-state index >= 15 is 0 Å². The van der Waals surface area contributed by atoms with Crippen LogP contribution in [0.15, 0.2) is 23.1 Å². The molecule has 1 aromatic rings. The summed E-state index contributed by atoms with van der Waals surface area (Å²) in [5, 5.41) is 2.97. The highest BCUT2D eigenvalue weighted by Crippen LogP contribution is 2.29. The molecule has 1 aliphatic heterocycles. The first-order valence-electron chi connectivity index (χ1n) is 8.51. The summed E-state index contributed by atoms with van der Waals surface area (Å²) in [5.74, 6) is 0.319. The molecule has 0 bridgehead atoms. The van der Waals surface area contributed by atoms with Gasteiger partial charge in [0.2, 0.25) is 10.0 Å². The number of nitrogens with zero attached hydrogens (tertiary/aromatic N) is 1. The fourth-order valence-electron chi connectivity index (χ4n) is 2.30. The molecule has 7 nitrogen and oxygen atoms in total. The summed E-state index contributed by atoms with van der Waals surface area (Å²) >= 11 is 6.15. The van der Waals surface area contributed by atoms with Gasteiger partial charge in [-0.2, -0.15) is 4.31 Å². The van der Waals surface area contributed by atoms with Gasteiger partial charge in [-0.25, -0.2) is 8.42 Å². The third-order valence-electron chi connectivity index (χ3n) is 4.26. The quantitative estimate of drug-likeness (QED) is 0.750. The molecule has 1 aromatic carbocycles. The van der Waals surface area contributed by atoms with E-state index in [0.29, 0.717) is 32.2 Å². The van der Waals surface area contributed by atoms with Crippen molar-refractivity contribution in [2.45, 2.75) is 31.7 Å². The van der Waals surface area contributed by atoms with Crippen LogP contribution in [0.1, 0.15) is 20.8 Å². The summed E-state index contributed by atoms with van der Waals surface area (Å²) in [4.78, 5) is 12.0. The second-order valence-corrected chi connectivity index (χ2v) is 8.84. The van der Waals surface area contributed by atoms with Gasteiger partial charge in [-0.15, -0.1) is 0 Å². The van der Waals surface area contributed by atoms with Crippen LogP contribution >= 0.6 is 11.6 Å². The van der Waals surface area contributed by atoms with E-state index in [1.54, 1.807) is 0 Å². The van der Waals surface area contributed by atoms with Gasteiger partial charge in [0, 0.05) is 19.1 Å². The van der Waals surface area contributed by atoms with E-state index in [9.17, 15) is 13.2 Å². The Bertz CT molecular complexity index is 733. The zero-order chi connectivity index (χ0) is 19.3. The number of benzene rings is 1. The summed E-state index contributed by atoms with van der Waals surface area (Å²) in [7, 11) is -3.62. The SMILES string of the molecule is CC(C)[C@H](C)NC(=O)COc1ccc(S(=O)(=O)N2CCOCC2)cc1Cl. The third kappa shape index (κ3) is 5.33. The molecule has 1 aliphatic rings. The maximum Gasteiger partial charge on any atom is 0.258 e. The number of carbonyl (C=O) groups is 1. The Labute approximate surface area is 159 Å². The number of hydrogen-bond acceptors (Lipinski definition) is 5. The van der Waals surface area contributed by atoms with Crippen molar-refractivity contribution in [2.24, 2.45) is 5.92 Å². The molecule has 1 N–H and O–H groups in total. The number of ether oxygens (including phenoxy) is 2. The summed E-state index contributed by atoms with van der Waals surface area (Å²) in [6, 6.07) is 4.27. The molecular weight excluding hydrogens is 380 g/mol. The van der Waals surface area contributed by atoms with Gasteiger partial charge in [0.25, 0.3) is 5.91 Å². The van der Waals surface area contributed by atoms with Crippen LogP contribution in [0.4, 0.5) is 0 Å². The summed E-state index contributed by atoms with van der Waals surface area (Å²) < 4.78 is 37.2. The molecule has 2 rings (SSSR count). The van der Waals surface area contributed by atoms with Gasteiger partial charge < -0.3 is 14.8 Å². The van der Waals surface area contributed by atoms with Gasteiger partial charge in [0.15, 0.2) is 6.61 Å². The minimum absolute atomic E-state index is 0.0302. The Hall–Kier alpha value is -1.35. The fraction of sp³-hybridized carbons (Fsp3) is 0.588. The molecule has 1 atom stereocenters. The van der Waals surface area contributed by atoms with Crippen LogP contribution in [0.25, 0.3) is 0 Å². The number of rotatable bonds is 7. The standard InChI is InChI=1S/C17H25ClN2O5S/c1-12(2)13(3)19-17(21)11-25-16-5-4-14(10-15(16)18)26(22,23)20-6-8-24-9-7-20/h4-5,10,12-13H,6-9,11H2,1-3H3,(H,19,21)/t13-/m0/s1. The average molecular weight is 405 g/mol. The lowest BCUT2D eigenvalue weighted by Gasteiger charge is -2.26. The minimum atomic E-state index is -3.62. The lowest BCUT2D eigenvalue weighted by Crippen LogP contribution is -2.40. The molecule has 9 heteroatoms. The van der Waals surface area contributed by atoms with Gasteiger partial charge >= 0.3 is 0 Å². The lowest BCUT2D eigenvalue weighted by molar-refractivity contribution is -0.124. The van der Waals surface area contributed by atoms with Crippen molar-refractivity contribution in [1.29, 1.82) is 0 Å². The molecule has 1 amide bonds. The van der Waals surface area contributed by atoms with Gasteiger partial charge in [0.05, 0.1) is 23.1 Å². The number of morpholine rings is 1. The van der Waals surface area contributed by atoms with Crippen molar-refractivity contribution in [3.63, 3.8) is 0 Å². The van der Waals surface area contributed by atoms with E-state index in [2.05, 4.69) is 5.32 Å². The topological polar surface area (TPSA) is 84.9 Å². The summed E-state index contributed by atoms with van der Waals surface area (Å²) in [6.07, 6.45) is 0. The largest absolute Gasteiger partial charge is 0.482 e. The van der Waals surface area contributed by atoms with Crippen molar-refractivity contribution in [1.82, 2.24) is 9.62 Å².